The van der Waals surface area contributed by atoms with E-state index in [9.17, 15) is 4.79 Å². The van der Waals surface area contributed by atoms with Crippen LogP contribution in [0.25, 0.3) is 17.0 Å². The number of amides is 2. The standard InChI is InChI=1S/C27H24N4O3/c1-18-23(26-29-25(30-34-26)21-14-9-15-22(16-21)33-2)24(20-12-7-4-8-13-20)28-27(32)31(18)17-19-10-5-3-6-11-19/h3-16,24H,17H2,1-2H3,(H,28,32). The molecule has 3 aromatic carbocycles. The van der Waals surface area contributed by atoms with E-state index in [4.69, 9.17) is 14.2 Å². The summed E-state index contributed by atoms with van der Waals surface area (Å²) in [7, 11) is 1.62. The number of hydrogen-bond donors (Lipinski definition) is 1. The van der Waals surface area contributed by atoms with Gasteiger partial charge >= 0.3 is 6.03 Å². The minimum Gasteiger partial charge on any atom is -0.497 e. The second-order valence-corrected chi connectivity index (χ2v) is 8.02. The van der Waals surface area contributed by atoms with Gasteiger partial charge in [0.25, 0.3) is 5.89 Å². The normalized spacial score (nSPS) is 15.9. The Morgan fingerprint density at radius 1 is 1.00 bits per heavy atom. The summed E-state index contributed by atoms with van der Waals surface area (Å²) in [5.41, 5.74) is 4.28. The van der Waals surface area contributed by atoms with Crippen LogP contribution < -0.4 is 10.1 Å². The van der Waals surface area contributed by atoms with Crippen molar-refractivity contribution >= 4 is 11.6 Å². The van der Waals surface area contributed by atoms with Crippen LogP contribution in [0, 0.1) is 0 Å². The van der Waals surface area contributed by atoms with Crippen LogP contribution in [0.15, 0.2) is 95.1 Å². The number of ether oxygens (including phenoxy) is 1. The fraction of sp³-hybridized carbons (Fsp3) is 0.148. The molecule has 34 heavy (non-hydrogen) atoms. The van der Waals surface area contributed by atoms with E-state index < -0.39 is 6.04 Å². The van der Waals surface area contributed by atoms with Crippen molar-refractivity contribution in [3.05, 3.63) is 108 Å². The van der Waals surface area contributed by atoms with Crippen LogP contribution in [0.3, 0.4) is 0 Å². The number of benzene rings is 3. The van der Waals surface area contributed by atoms with Crippen LogP contribution in [0.4, 0.5) is 4.79 Å². The first-order chi connectivity index (χ1) is 16.6. The zero-order chi connectivity index (χ0) is 23.5. The maximum absolute atomic E-state index is 13.2. The molecule has 7 heteroatoms. The SMILES string of the molecule is COc1cccc(-c2noc(C3=C(C)N(Cc4ccccc4)C(=O)NC3c3ccccc3)n2)c1. The van der Waals surface area contributed by atoms with Crippen molar-refractivity contribution in [1.29, 1.82) is 0 Å². The second-order valence-electron chi connectivity index (χ2n) is 8.02. The highest BCUT2D eigenvalue weighted by atomic mass is 16.5. The van der Waals surface area contributed by atoms with Gasteiger partial charge in [0.1, 0.15) is 5.75 Å². The molecule has 2 amide bonds. The van der Waals surface area contributed by atoms with Crippen molar-refractivity contribution in [3.8, 4) is 17.1 Å². The van der Waals surface area contributed by atoms with Crippen molar-refractivity contribution in [2.24, 2.45) is 0 Å². The van der Waals surface area contributed by atoms with Crippen LogP contribution in [0.1, 0.15) is 30.0 Å². The summed E-state index contributed by atoms with van der Waals surface area (Å²) in [6.45, 7) is 2.35. The van der Waals surface area contributed by atoms with E-state index in [-0.39, 0.29) is 6.03 Å². The average molecular weight is 453 g/mol. The Labute approximate surface area is 197 Å². The second kappa shape index (κ2) is 9.23. The number of carbonyl (C=O) groups excluding carboxylic acids is 1. The summed E-state index contributed by atoms with van der Waals surface area (Å²) in [5, 5.41) is 7.35. The third-order valence-corrected chi connectivity index (χ3v) is 5.90. The molecule has 0 fully saturated rings. The zero-order valence-corrected chi connectivity index (χ0v) is 18.9. The van der Waals surface area contributed by atoms with Crippen molar-refractivity contribution < 1.29 is 14.1 Å². The highest BCUT2D eigenvalue weighted by Crippen LogP contribution is 2.38. The van der Waals surface area contributed by atoms with Gasteiger partial charge in [-0.05, 0) is 30.2 Å². The molecule has 2 heterocycles. The molecule has 170 valence electrons. The average Bonchev–Trinajstić information content (AvgIpc) is 3.37. The fourth-order valence-corrected chi connectivity index (χ4v) is 4.12. The Kier molecular flexibility index (Phi) is 5.82. The molecular formula is C27H24N4O3. The van der Waals surface area contributed by atoms with Gasteiger partial charge < -0.3 is 14.6 Å². The number of aromatic nitrogens is 2. The van der Waals surface area contributed by atoms with Gasteiger partial charge in [-0.3, -0.25) is 4.90 Å². The first kappa shape index (κ1) is 21.5. The first-order valence-electron chi connectivity index (χ1n) is 11.0. The Balaban J connectivity index is 1.59. The monoisotopic (exact) mass is 452 g/mol. The van der Waals surface area contributed by atoms with Gasteiger partial charge in [-0.15, -0.1) is 0 Å². The Morgan fingerprint density at radius 2 is 1.74 bits per heavy atom. The molecule has 0 aliphatic carbocycles. The molecule has 5 rings (SSSR count). The third kappa shape index (κ3) is 4.15. The molecule has 0 bridgehead atoms. The molecule has 4 aromatic rings. The van der Waals surface area contributed by atoms with E-state index in [0.29, 0.717) is 24.0 Å². The summed E-state index contributed by atoms with van der Waals surface area (Å²) in [4.78, 5) is 19.6. The number of carbonyl (C=O) groups is 1. The summed E-state index contributed by atoms with van der Waals surface area (Å²) in [6, 6.07) is 26.6. The molecule has 1 aliphatic rings. The van der Waals surface area contributed by atoms with E-state index in [1.165, 1.54) is 0 Å². The van der Waals surface area contributed by atoms with Gasteiger partial charge in [0.05, 0.1) is 25.3 Å². The van der Waals surface area contributed by atoms with Gasteiger partial charge in [0.2, 0.25) is 5.82 Å². The van der Waals surface area contributed by atoms with E-state index in [2.05, 4.69) is 10.5 Å². The minimum absolute atomic E-state index is 0.175. The smallest absolute Gasteiger partial charge is 0.322 e. The largest absolute Gasteiger partial charge is 0.497 e. The Hall–Kier alpha value is -4.39. The van der Waals surface area contributed by atoms with Gasteiger partial charge in [-0.2, -0.15) is 4.98 Å². The molecule has 0 saturated carbocycles. The molecule has 0 radical (unpaired) electrons. The van der Waals surface area contributed by atoms with Crippen molar-refractivity contribution in [3.63, 3.8) is 0 Å². The quantitative estimate of drug-likeness (QED) is 0.421. The maximum atomic E-state index is 13.2. The molecule has 7 nitrogen and oxygen atoms in total. The highest BCUT2D eigenvalue weighted by Gasteiger charge is 2.35. The Morgan fingerprint density at radius 3 is 2.47 bits per heavy atom. The predicted octanol–water partition coefficient (Wildman–Crippen LogP) is 5.44. The molecule has 0 saturated heterocycles. The molecule has 1 atom stereocenters. The summed E-state index contributed by atoms with van der Waals surface area (Å²) in [6.07, 6.45) is 0. The van der Waals surface area contributed by atoms with Crippen molar-refractivity contribution in [2.45, 2.75) is 19.5 Å². The van der Waals surface area contributed by atoms with Gasteiger partial charge in [-0.25, -0.2) is 4.79 Å². The topological polar surface area (TPSA) is 80.5 Å². The number of methoxy groups -OCH3 is 1. The van der Waals surface area contributed by atoms with Gasteiger partial charge in [0, 0.05) is 11.3 Å². The Bertz CT molecular complexity index is 1330. The lowest BCUT2D eigenvalue weighted by Gasteiger charge is -2.35. The number of urea groups is 1. The van der Waals surface area contributed by atoms with Crippen molar-refractivity contribution in [1.82, 2.24) is 20.4 Å². The van der Waals surface area contributed by atoms with Crippen LogP contribution in [0.2, 0.25) is 0 Å². The van der Waals surface area contributed by atoms with Crippen LogP contribution in [-0.2, 0) is 6.54 Å². The minimum atomic E-state index is -0.417. The highest BCUT2D eigenvalue weighted by molar-refractivity contribution is 5.86. The number of nitrogens with one attached hydrogen (secondary N) is 1. The van der Waals surface area contributed by atoms with Crippen LogP contribution in [0.5, 0.6) is 5.75 Å². The number of nitrogens with zero attached hydrogens (tertiary/aromatic N) is 3. The van der Waals surface area contributed by atoms with Crippen LogP contribution >= 0.6 is 0 Å². The third-order valence-electron chi connectivity index (χ3n) is 5.90. The van der Waals surface area contributed by atoms with E-state index in [1.54, 1.807) is 12.0 Å². The fourth-order valence-electron chi connectivity index (χ4n) is 4.12. The summed E-state index contributed by atoms with van der Waals surface area (Å²) in [5.74, 6) is 1.52. The lowest BCUT2D eigenvalue weighted by molar-refractivity contribution is 0.203. The van der Waals surface area contributed by atoms with Crippen LogP contribution in [-0.4, -0.2) is 28.2 Å². The van der Waals surface area contributed by atoms with E-state index >= 15 is 0 Å². The summed E-state index contributed by atoms with van der Waals surface area (Å²) >= 11 is 0. The predicted molar refractivity (Wildman–Crippen MR) is 129 cm³/mol. The first-order valence-corrected chi connectivity index (χ1v) is 11.0. The molecule has 0 spiro atoms. The summed E-state index contributed by atoms with van der Waals surface area (Å²) < 4.78 is 11.1. The van der Waals surface area contributed by atoms with Crippen molar-refractivity contribution in [2.75, 3.05) is 7.11 Å². The van der Waals surface area contributed by atoms with Gasteiger partial charge in [0.15, 0.2) is 0 Å². The molecule has 1 aromatic heterocycles. The number of hydrogen-bond acceptors (Lipinski definition) is 5. The maximum Gasteiger partial charge on any atom is 0.322 e. The number of rotatable bonds is 6. The molecular weight excluding hydrogens is 428 g/mol. The van der Waals surface area contributed by atoms with E-state index in [0.717, 1.165) is 28.0 Å². The molecule has 1 unspecified atom stereocenters. The van der Waals surface area contributed by atoms with Gasteiger partial charge in [-0.1, -0.05) is 78.0 Å². The molecule has 1 aliphatic heterocycles. The molecule has 1 N–H and O–H groups in total. The number of allylic oxidation sites excluding steroid dienone is 1. The zero-order valence-electron chi connectivity index (χ0n) is 18.9. The lowest BCUT2D eigenvalue weighted by atomic mass is 9.94. The van der Waals surface area contributed by atoms with E-state index in [1.807, 2.05) is 91.9 Å². The lowest BCUT2D eigenvalue weighted by Crippen LogP contribution is -2.45.